The molecule has 0 amide bonds. The number of halogens is 1. The minimum Gasteiger partial charge on any atom is -0.543 e. The van der Waals surface area contributed by atoms with Gasteiger partial charge in [-0.05, 0) is 73.2 Å². The predicted molar refractivity (Wildman–Crippen MR) is 196 cm³/mol. The van der Waals surface area contributed by atoms with E-state index in [4.69, 9.17) is 30.0 Å². The van der Waals surface area contributed by atoms with Gasteiger partial charge in [-0.25, -0.2) is 4.79 Å². The second kappa shape index (κ2) is 15.4. The Balaban J connectivity index is 2.27. The summed E-state index contributed by atoms with van der Waals surface area (Å²) in [5, 5.41) is 4.72. The van der Waals surface area contributed by atoms with Gasteiger partial charge in [0.1, 0.15) is 29.8 Å². The van der Waals surface area contributed by atoms with Crippen molar-refractivity contribution in [2.75, 3.05) is 0 Å². The van der Waals surface area contributed by atoms with E-state index in [1.165, 1.54) is 0 Å². The van der Waals surface area contributed by atoms with Crippen LogP contribution in [0.1, 0.15) is 89.2 Å². The predicted octanol–water partition coefficient (Wildman–Crippen LogP) is 11.1. The third kappa shape index (κ3) is 10.1. The van der Waals surface area contributed by atoms with Crippen LogP contribution < -0.4 is 8.85 Å². The van der Waals surface area contributed by atoms with Gasteiger partial charge in [0.05, 0.1) is 10.7 Å². The Morgan fingerprint density at radius 3 is 2.09 bits per heavy atom. The maximum atomic E-state index is 14.2. The van der Waals surface area contributed by atoms with E-state index in [1.807, 2.05) is 49.4 Å². The zero-order chi connectivity index (χ0) is 34.3. The Kier molecular flexibility index (Phi) is 12.6. The van der Waals surface area contributed by atoms with Crippen molar-refractivity contribution in [3.05, 3.63) is 82.4 Å². The number of fused-ring (bicyclic) bond motifs is 1. The molecule has 1 atom stereocenters. The number of cyclic esters (lactones) is 1. The maximum absolute atomic E-state index is 14.2. The summed E-state index contributed by atoms with van der Waals surface area (Å²) in [6.07, 6.45) is 10.4. The molecule has 0 unspecified atom stereocenters. The van der Waals surface area contributed by atoms with E-state index in [9.17, 15) is 4.79 Å². The molecule has 0 aromatic heterocycles. The number of benzene rings is 2. The van der Waals surface area contributed by atoms with E-state index in [2.05, 4.69) is 91.1 Å². The lowest BCUT2D eigenvalue weighted by atomic mass is 9.99. The number of rotatable bonds is 7. The van der Waals surface area contributed by atoms with Crippen LogP contribution in [0.3, 0.4) is 0 Å². The van der Waals surface area contributed by atoms with Gasteiger partial charge < -0.3 is 18.4 Å². The molecule has 0 radical (unpaired) electrons. The van der Waals surface area contributed by atoms with E-state index in [0.29, 0.717) is 46.4 Å². The number of ether oxygens (including phenoxy) is 1. The molecule has 0 spiro atoms. The van der Waals surface area contributed by atoms with Gasteiger partial charge in [0.15, 0.2) is 0 Å². The summed E-state index contributed by atoms with van der Waals surface area (Å²) < 4.78 is 19.8. The number of carbonyl (C=O) groups excluding carboxylic acids is 1. The first-order valence-corrected chi connectivity index (χ1v) is 22.5. The lowest BCUT2D eigenvalue weighted by molar-refractivity contribution is 0.0344. The van der Waals surface area contributed by atoms with Crippen LogP contribution >= 0.6 is 11.6 Å². The highest BCUT2D eigenvalue weighted by molar-refractivity contribution is 6.75. The fraction of sp³-hybridized carbons (Fsp3) is 0.514. The molecule has 1 heterocycles. The van der Waals surface area contributed by atoms with Crippen LogP contribution in [0.5, 0.6) is 11.5 Å². The maximum Gasteiger partial charge on any atom is 0.342 e. The lowest BCUT2D eigenvalue weighted by Gasteiger charge is -2.39. The van der Waals surface area contributed by atoms with Crippen molar-refractivity contribution in [1.29, 1.82) is 0 Å². The number of oxime groups is 1. The Morgan fingerprint density at radius 2 is 1.48 bits per heavy atom. The zero-order valence-corrected chi connectivity index (χ0v) is 32.5. The molecule has 3 rings (SSSR count). The van der Waals surface area contributed by atoms with Gasteiger partial charge in [0.2, 0.25) is 0 Å². The SMILES string of the molecule is C[C@@H]1CC=CCCC=CC(=NOCc2ccccc2)Cc2c(Cl)c(O[Si](C)(C)C(C)(C)C)cc(O[Si](C)(C)C(C)(C)C)c2C(=O)O1. The summed E-state index contributed by atoms with van der Waals surface area (Å²) in [5.74, 6) is 0.475. The summed E-state index contributed by atoms with van der Waals surface area (Å²) in [4.78, 5) is 20.0. The Labute approximate surface area is 284 Å². The van der Waals surface area contributed by atoms with E-state index >= 15 is 0 Å². The number of esters is 1. The highest BCUT2D eigenvalue weighted by Gasteiger charge is 2.43. The number of nitrogens with zero attached hydrogens (tertiary/aromatic N) is 1. The summed E-state index contributed by atoms with van der Waals surface area (Å²) in [6, 6.07) is 11.7. The number of hydrogen-bond donors (Lipinski definition) is 0. The second-order valence-corrected chi connectivity index (χ2v) is 25.0. The van der Waals surface area contributed by atoms with Crippen LogP contribution in [0.25, 0.3) is 0 Å². The van der Waals surface area contributed by atoms with Crippen LogP contribution in [-0.2, 0) is 22.6 Å². The van der Waals surface area contributed by atoms with Gasteiger partial charge in [-0.3, -0.25) is 0 Å². The molecular weight excluding hydrogens is 630 g/mol. The molecule has 6 nitrogen and oxygen atoms in total. The molecule has 0 aliphatic carbocycles. The van der Waals surface area contributed by atoms with Crippen molar-refractivity contribution in [3.63, 3.8) is 0 Å². The third-order valence-corrected chi connectivity index (χ3v) is 18.3. The third-order valence-electron chi connectivity index (χ3n) is 9.21. The molecule has 0 N–H and O–H groups in total. The number of hydrogen-bond acceptors (Lipinski definition) is 6. The van der Waals surface area contributed by atoms with Crippen molar-refractivity contribution >= 4 is 39.9 Å². The fourth-order valence-electron chi connectivity index (χ4n) is 4.24. The summed E-state index contributed by atoms with van der Waals surface area (Å²) in [6.45, 7) is 24.0. The molecule has 0 fully saturated rings. The first-order chi connectivity index (χ1) is 21.3. The molecule has 1 aliphatic rings. The lowest BCUT2D eigenvalue weighted by Crippen LogP contribution is -2.45. The number of allylic oxidation sites excluding steroid dienone is 3. The molecule has 1 aliphatic heterocycles. The summed E-state index contributed by atoms with van der Waals surface area (Å²) in [7, 11) is -4.75. The smallest absolute Gasteiger partial charge is 0.342 e. The Morgan fingerprint density at radius 1 is 0.891 bits per heavy atom. The van der Waals surface area contributed by atoms with Crippen LogP contribution in [0, 0.1) is 0 Å². The van der Waals surface area contributed by atoms with E-state index in [0.717, 1.165) is 18.4 Å². The second-order valence-electron chi connectivity index (χ2n) is 15.2. The molecule has 0 saturated carbocycles. The van der Waals surface area contributed by atoms with Gasteiger partial charge in [-0.1, -0.05) is 107 Å². The van der Waals surface area contributed by atoms with Crippen molar-refractivity contribution in [1.82, 2.24) is 0 Å². The molecule has 252 valence electrons. The Hall–Kier alpha value is -2.82. The molecule has 0 saturated heterocycles. The van der Waals surface area contributed by atoms with E-state index < -0.39 is 22.6 Å². The number of carbonyl (C=O) groups is 1. The first-order valence-electron chi connectivity index (χ1n) is 16.3. The minimum atomic E-state index is -2.42. The van der Waals surface area contributed by atoms with Crippen molar-refractivity contribution in [2.45, 2.75) is 123 Å². The van der Waals surface area contributed by atoms with Gasteiger partial charge in [-0.15, -0.1) is 0 Å². The summed E-state index contributed by atoms with van der Waals surface area (Å²) in [5.41, 5.74) is 2.51. The minimum absolute atomic E-state index is 0.0775. The van der Waals surface area contributed by atoms with Crippen LogP contribution in [0.2, 0.25) is 41.3 Å². The largest absolute Gasteiger partial charge is 0.543 e. The van der Waals surface area contributed by atoms with Crippen molar-refractivity contribution in [3.8, 4) is 11.5 Å². The van der Waals surface area contributed by atoms with Crippen molar-refractivity contribution < 1.29 is 23.2 Å². The normalized spacial score (nSPS) is 18.0. The van der Waals surface area contributed by atoms with Crippen molar-refractivity contribution in [2.24, 2.45) is 5.16 Å². The molecule has 2 aromatic rings. The van der Waals surface area contributed by atoms with E-state index in [1.54, 1.807) is 0 Å². The van der Waals surface area contributed by atoms with E-state index in [-0.39, 0.29) is 22.6 Å². The topological polar surface area (TPSA) is 66.3 Å². The Bertz CT molecular complexity index is 1440. The summed E-state index contributed by atoms with van der Waals surface area (Å²) >= 11 is 7.28. The molecule has 0 bridgehead atoms. The monoisotopic (exact) mass is 683 g/mol. The highest BCUT2D eigenvalue weighted by atomic mass is 35.5. The molecule has 9 heteroatoms. The average Bonchev–Trinajstić information content (AvgIpc) is 2.93. The molecular formula is C37H54ClNO5Si2. The fourth-order valence-corrected chi connectivity index (χ4v) is 6.59. The van der Waals surface area contributed by atoms with Crippen LogP contribution in [-0.4, -0.2) is 34.4 Å². The quantitative estimate of drug-likeness (QED) is 0.126. The van der Waals surface area contributed by atoms with Gasteiger partial charge in [-0.2, -0.15) is 0 Å². The average molecular weight is 684 g/mol. The van der Waals surface area contributed by atoms with Crippen LogP contribution in [0.15, 0.2) is 65.9 Å². The highest BCUT2D eigenvalue weighted by Crippen LogP contribution is 2.46. The first kappa shape index (κ1) is 37.6. The van der Waals surface area contributed by atoms with Gasteiger partial charge in [0.25, 0.3) is 16.6 Å². The standard InChI is InChI=1S/C37H54ClNO5Si2/c1-27-20-16-13-12-14-19-23-29(39-41-26-28-21-17-15-18-22-28)24-30-33(35(40)42-27)31(43-45(8,9)36(2,3)4)25-32(34(30)38)44-46(10,11)37(5,6)7/h13,15-19,21-23,25,27H,12,14,20,24,26H2,1-11H3/t27-/m1/s1. The van der Waals surface area contributed by atoms with Gasteiger partial charge in [0, 0.05) is 18.9 Å². The zero-order valence-electron chi connectivity index (χ0n) is 29.8. The molecule has 46 heavy (non-hydrogen) atoms. The molecule has 2 aromatic carbocycles. The van der Waals surface area contributed by atoms with Crippen LogP contribution in [0.4, 0.5) is 0 Å². The van der Waals surface area contributed by atoms with Gasteiger partial charge >= 0.3 is 5.97 Å².